The van der Waals surface area contributed by atoms with Gasteiger partial charge in [-0.1, -0.05) is 0 Å². The van der Waals surface area contributed by atoms with Gasteiger partial charge in [-0.3, -0.25) is 0 Å². The minimum Gasteiger partial charge on any atom is -0.442 e. The highest BCUT2D eigenvalue weighted by Crippen LogP contribution is 2.21. The fraction of sp³-hybridized carbons (Fsp3) is 1.00. The molecular weight excluding hydrogens is 617 g/mol. The van der Waals surface area contributed by atoms with Crippen molar-refractivity contribution in [3.05, 3.63) is 0 Å². The van der Waals surface area contributed by atoms with Crippen molar-refractivity contribution >= 4 is 89.5 Å². The number of hydrogen-bond donors (Lipinski definition) is 0. The first-order chi connectivity index (χ1) is 15.5. The van der Waals surface area contributed by atoms with E-state index < -0.39 is 89.5 Å². The van der Waals surface area contributed by atoms with E-state index in [4.69, 9.17) is 37.0 Å². The summed E-state index contributed by atoms with van der Waals surface area (Å²) in [5.74, 6) is 0. The van der Waals surface area contributed by atoms with E-state index >= 15 is 0 Å². The largest absolute Gasteiger partial charge is 0.470 e. The van der Waals surface area contributed by atoms with Crippen LogP contribution in [-0.4, -0.2) is 89.5 Å². The van der Waals surface area contributed by atoms with E-state index in [-0.39, 0.29) is 0 Å². The van der Waals surface area contributed by atoms with Gasteiger partial charge in [0, 0.05) is 6.55 Å². The van der Waals surface area contributed by atoms with Crippen LogP contribution in [0.4, 0.5) is 0 Å². The average Bonchev–Trinajstić information content (AvgIpc) is 2.46. The molecule has 0 aromatic heterocycles. The number of hydrogen-bond acceptors (Lipinski definition) is 9. The van der Waals surface area contributed by atoms with Gasteiger partial charge in [0.05, 0.1) is 0 Å². The summed E-state index contributed by atoms with van der Waals surface area (Å²) in [7, 11) is -19.9. The number of rotatable bonds is 18. The highest BCUT2D eigenvalue weighted by atomic mass is 28.5. The molecule has 0 rings (SSSR count). The van der Waals surface area contributed by atoms with Crippen LogP contribution >= 0.6 is 0 Å². The predicted molar refractivity (Wildman–Crippen MR) is 169 cm³/mol. The molecule has 0 amide bonds. The van der Waals surface area contributed by atoms with Crippen LogP contribution < -0.4 is 0 Å². The normalized spacial score (nSPS) is 19.0. The molecule has 0 heterocycles. The average molecular weight is 671 g/mol. The van der Waals surface area contributed by atoms with Crippen molar-refractivity contribution in [2.24, 2.45) is 0 Å². The smallest absolute Gasteiger partial charge is 0.442 e. The van der Waals surface area contributed by atoms with Gasteiger partial charge in [-0.15, -0.1) is 0 Å². The molecule has 0 fully saturated rings. The molecular formula is C16H54O9Si10. The van der Waals surface area contributed by atoms with Gasteiger partial charge in [0.1, 0.15) is 0 Å². The van der Waals surface area contributed by atoms with Gasteiger partial charge >= 0.3 is 45.5 Å². The van der Waals surface area contributed by atoms with Crippen LogP contribution in [-0.2, 0) is 37.0 Å². The molecule has 19 heteroatoms. The summed E-state index contributed by atoms with van der Waals surface area (Å²) in [5.41, 5.74) is 0. The molecule has 0 aromatic carbocycles. The second-order valence-electron chi connectivity index (χ2n) is 11.7. The SMILES string of the molecule is C[SiH](C)O[SiH](C)O[Si](C)(O[SiH](C)O[Si](C)(C)C)O[SiH](C)O[Si](C)(C)O[SiH](O[SiH](C)C)O[Si](C)(C)C. The first-order valence-electron chi connectivity index (χ1n) is 12.6. The third-order valence-electron chi connectivity index (χ3n) is 3.79. The van der Waals surface area contributed by atoms with E-state index in [2.05, 4.69) is 65.5 Å². The van der Waals surface area contributed by atoms with E-state index in [1.807, 2.05) is 39.3 Å². The Bertz CT molecular complexity index is 605. The van der Waals surface area contributed by atoms with Crippen molar-refractivity contribution in [3.8, 4) is 0 Å². The first kappa shape index (κ1) is 36.8. The fourth-order valence-corrected chi connectivity index (χ4v) is 33.5. The van der Waals surface area contributed by atoms with Crippen LogP contribution in [0.25, 0.3) is 0 Å². The van der Waals surface area contributed by atoms with E-state index in [1.54, 1.807) is 0 Å². The van der Waals surface area contributed by atoms with Gasteiger partial charge in [-0.25, -0.2) is 0 Å². The van der Waals surface area contributed by atoms with E-state index in [1.165, 1.54) is 0 Å². The molecule has 212 valence electrons. The van der Waals surface area contributed by atoms with Crippen molar-refractivity contribution in [1.29, 1.82) is 0 Å². The summed E-state index contributed by atoms with van der Waals surface area (Å²) < 4.78 is 57.2. The Hall–Kier alpha value is 1.81. The third-order valence-corrected chi connectivity index (χ3v) is 34.1. The molecule has 0 bridgehead atoms. The molecule has 5 unspecified atom stereocenters. The van der Waals surface area contributed by atoms with E-state index in [0.29, 0.717) is 0 Å². The van der Waals surface area contributed by atoms with Crippen LogP contribution in [0.2, 0.25) is 105 Å². The second kappa shape index (κ2) is 15.6. The Labute approximate surface area is 230 Å². The molecule has 0 saturated carbocycles. The van der Waals surface area contributed by atoms with Gasteiger partial charge in [-0.05, 0) is 98.2 Å². The molecule has 35 heavy (non-hydrogen) atoms. The lowest BCUT2D eigenvalue weighted by molar-refractivity contribution is 0.214. The molecule has 0 radical (unpaired) electrons. The van der Waals surface area contributed by atoms with E-state index in [9.17, 15) is 0 Å². The maximum atomic E-state index is 6.53. The molecule has 0 saturated heterocycles. The topological polar surface area (TPSA) is 83.1 Å². The first-order valence-corrected chi connectivity index (χ1v) is 37.7. The molecule has 0 aliphatic carbocycles. The zero-order valence-electron chi connectivity index (χ0n) is 25.1. The van der Waals surface area contributed by atoms with Crippen LogP contribution in [0.3, 0.4) is 0 Å². The van der Waals surface area contributed by atoms with Crippen molar-refractivity contribution < 1.29 is 37.0 Å². The van der Waals surface area contributed by atoms with Crippen molar-refractivity contribution in [3.63, 3.8) is 0 Å². The molecule has 0 aliphatic rings. The second-order valence-corrected chi connectivity index (χ2v) is 41.6. The molecule has 0 aliphatic heterocycles. The van der Waals surface area contributed by atoms with Gasteiger partial charge < -0.3 is 37.0 Å². The van der Waals surface area contributed by atoms with Crippen molar-refractivity contribution in [2.45, 2.75) is 105 Å². The fourth-order valence-electron chi connectivity index (χ4n) is 3.19. The molecule has 0 aromatic rings. The summed E-state index contributed by atoms with van der Waals surface area (Å²) in [4.78, 5) is 0. The quantitative estimate of drug-likeness (QED) is 0.204. The summed E-state index contributed by atoms with van der Waals surface area (Å²) in [6, 6.07) is 0. The summed E-state index contributed by atoms with van der Waals surface area (Å²) in [6.45, 7) is 33.7. The van der Waals surface area contributed by atoms with Crippen molar-refractivity contribution in [2.75, 3.05) is 0 Å². The summed E-state index contributed by atoms with van der Waals surface area (Å²) in [6.07, 6.45) is 0. The zero-order chi connectivity index (χ0) is 27.8. The lowest BCUT2D eigenvalue weighted by atomic mass is 11.8. The Morgan fingerprint density at radius 3 is 1.20 bits per heavy atom. The Balaban J connectivity index is 5.46. The summed E-state index contributed by atoms with van der Waals surface area (Å²) in [5, 5.41) is 0. The van der Waals surface area contributed by atoms with Crippen LogP contribution in [0.5, 0.6) is 0 Å². The lowest BCUT2D eigenvalue weighted by Gasteiger charge is -2.37. The highest BCUT2D eigenvalue weighted by molar-refractivity contribution is 6.84. The zero-order valence-corrected chi connectivity index (χ0v) is 36.1. The Morgan fingerprint density at radius 2 is 0.800 bits per heavy atom. The standard InChI is InChI=1S/C16H54O9Si10/c1-26(2)17-28(5)21-35(16,22-29(6)19-32(8,9)10)23-30(7)20-34(14,15)25-31(18-27(3)4)24-33(11,12)13/h26-31H,1-16H3. The molecule has 9 nitrogen and oxygen atoms in total. The highest BCUT2D eigenvalue weighted by Gasteiger charge is 2.44. The van der Waals surface area contributed by atoms with E-state index in [0.717, 1.165) is 0 Å². The van der Waals surface area contributed by atoms with Crippen LogP contribution in [0.1, 0.15) is 0 Å². The predicted octanol–water partition coefficient (Wildman–Crippen LogP) is 3.31. The van der Waals surface area contributed by atoms with Crippen LogP contribution in [0, 0.1) is 0 Å². The minimum absolute atomic E-state index is 1.22. The molecule has 5 atom stereocenters. The molecule has 0 N–H and O–H groups in total. The Kier molecular flexibility index (Phi) is 16.4. The monoisotopic (exact) mass is 670 g/mol. The van der Waals surface area contributed by atoms with Gasteiger partial charge in [-0.2, -0.15) is 0 Å². The summed E-state index contributed by atoms with van der Waals surface area (Å²) >= 11 is 0. The maximum Gasteiger partial charge on any atom is 0.470 e. The van der Waals surface area contributed by atoms with Gasteiger partial charge in [0.15, 0.2) is 34.7 Å². The lowest BCUT2D eigenvalue weighted by Crippen LogP contribution is -2.57. The maximum absolute atomic E-state index is 6.53. The van der Waals surface area contributed by atoms with Gasteiger partial charge in [0.2, 0.25) is 0 Å². The van der Waals surface area contributed by atoms with Crippen LogP contribution in [0.15, 0.2) is 0 Å². The minimum atomic E-state index is -3.03. The van der Waals surface area contributed by atoms with Gasteiger partial charge in [0.25, 0.3) is 9.28 Å². The van der Waals surface area contributed by atoms with Crippen molar-refractivity contribution in [1.82, 2.24) is 0 Å². The Morgan fingerprint density at radius 1 is 0.400 bits per heavy atom. The molecule has 0 spiro atoms. The third kappa shape index (κ3) is 20.4.